The van der Waals surface area contributed by atoms with E-state index in [0.717, 1.165) is 30.3 Å². The van der Waals surface area contributed by atoms with Gasteiger partial charge in [0, 0.05) is 19.2 Å². The monoisotopic (exact) mass is 277 g/mol. The highest BCUT2D eigenvalue weighted by Gasteiger charge is 2.07. The van der Waals surface area contributed by atoms with Gasteiger partial charge in [-0.1, -0.05) is 5.16 Å². The summed E-state index contributed by atoms with van der Waals surface area (Å²) in [5.41, 5.74) is 0.782. The second-order valence-electron chi connectivity index (χ2n) is 4.74. The van der Waals surface area contributed by atoms with Crippen molar-refractivity contribution in [3.63, 3.8) is 0 Å². The molecule has 2 aromatic rings. The van der Waals surface area contributed by atoms with Crippen molar-refractivity contribution in [2.24, 2.45) is 0 Å². The van der Waals surface area contributed by atoms with E-state index in [-0.39, 0.29) is 12.3 Å². The van der Waals surface area contributed by atoms with Crippen molar-refractivity contribution in [2.45, 2.75) is 40.2 Å². The number of aryl methyl sites for hydroxylation is 4. The second kappa shape index (κ2) is 6.31. The fourth-order valence-electron chi connectivity index (χ4n) is 1.95. The molecule has 2 aromatic heterocycles. The summed E-state index contributed by atoms with van der Waals surface area (Å²) >= 11 is 0. The number of amides is 1. The molecule has 0 aliphatic heterocycles. The van der Waals surface area contributed by atoms with E-state index in [2.05, 4.69) is 20.6 Å². The SMILES string of the molecule is Cc1cc(CC(=O)NCCCn2nc(C)nc2C)on1. The number of hydrogen-bond donors (Lipinski definition) is 1. The number of hydrogen-bond acceptors (Lipinski definition) is 5. The lowest BCUT2D eigenvalue weighted by Crippen LogP contribution is -2.26. The van der Waals surface area contributed by atoms with Crippen molar-refractivity contribution in [2.75, 3.05) is 6.54 Å². The molecule has 0 radical (unpaired) electrons. The minimum atomic E-state index is -0.0624. The number of nitrogens with one attached hydrogen (secondary N) is 1. The fraction of sp³-hybridized carbons (Fsp3) is 0.538. The molecule has 20 heavy (non-hydrogen) atoms. The van der Waals surface area contributed by atoms with Crippen LogP contribution in [0.15, 0.2) is 10.6 Å². The lowest BCUT2D eigenvalue weighted by Gasteiger charge is -2.05. The number of rotatable bonds is 6. The molecule has 7 heteroatoms. The van der Waals surface area contributed by atoms with Gasteiger partial charge in [0.2, 0.25) is 5.91 Å². The maximum absolute atomic E-state index is 11.7. The van der Waals surface area contributed by atoms with Gasteiger partial charge in [-0.15, -0.1) is 0 Å². The average Bonchev–Trinajstić information content (AvgIpc) is 2.91. The molecule has 108 valence electrons. The summed E-state index contributed by atoms with van der Waals surface area (Å²) in [6.45, 7) is 6.96. The highest BCUT2D eigenvalue weighted by molar-refractivity contribution is 5.77. The molecule has 0 saturated heterocycles. The van der Waals surface area contributed by atoms with E-state index in [1.165, 1.54) is 0 Å². The highest BCUT2D eigenvalue weighted by Crippen LogP contribution is 2.02. The fourth-order valence-corrected chi connectivity index (χ4v) is 1.95. The first-order valence-corrected chi connectivity index (χ1v) is 6.61. The number of carbonyl (C=O) groups is 1. The van der Waals surface area contributed by atoms with Gasteiger partial charge in [0.25, 0.3) is 0 Å². The Hall–Kier alpha value is -2.18. The molecule has 0 bridgehead atoms. The van der Waals surface area contributed by atoms with Gasteiger partial charge in [0.15, 0.2) is 0 Å². The summed E-state index contributed by atoms with van der Waals surface area (Å²) in [5.74, 6) is 2.19. The second-order valence-corrected chi connectivity index (χ2v) is 4.74. The lowest BCUT2D eigenvalue weighted by atomic mass is 10.3. The van der Waals surface area contributed by atoms with E-state index in [4.69, 9.17) is 4.52 Å². The molecule has 0 aromatic carbocycles. The highest BCUT2D eigenvalue weighted by atomic mass is 16.5. The largest absolute Gasteiger partial charge is 0.361 e. The number of aromatic nitrogens is 4. The van der Waals surface area contributed by atoms with Gasteiger partial charge in [0.1, 0.15) is 17.4 Å². The minimum Gasteiger partial charge on any atom is -0.361 e. The van der Waals surface area contributed by atoms with E-state index >= 15 is 0 Å². The predicted molar refractivity (Wildman–Crippen MR) is 72.1 cm³/mol. The molecule has 1 amide bonds. The average molecular weight is 277 g/mol. The topological polar surface area (TPSA) is 85.8 Å². The summed E-state index contributed by atoms with van der Waals surface area (Å²) in [6, 6.07) is 1.77. The van der Waals surface area contributed by atoms with Crippen LogP contribution in [0.4, 0.5) is 0 Å². The molecule has 0 aliphatic rings. The van der Waals surface area contributed by atoms with E-state index in [1.54, 1.807) is 6.07 Å². The molecule has 0 saturated carbocycles. The number of nitrogens with zero attached hydrogens (tertiary/aromatic N) is 4. The molecule has 7 nitrogen and oxygen atoms in total. The quantitative estimate of drug-likeness (QED) is 0.794. The van der Waals surface area contributed by atoms with Gasteiger partial charge in [-0.3, -0.25) is 9.48 Å². The zero-order valence-corrected chi connectivity index (χ0v) is 12.0. The normalized spacial score (nSPS) is 10.8. The van der Waals surface area contributed by atoms with Crippen LogP contribution in [0.1, 0.15) is 29.5 Å². The molecule has 0 unspecified atom stereocenters. The zero-order valence-electron chi connectivity index (χ0n) is 12.0. The predicted octanol–water partition coefficient (Wildman–Crippen LogP) is 0.940. The Balaban J connectivity index is 1.68. The first-order chi connectivity index (χ1) is 9.54. The Kier molecular flexibility index (Phi) is 4.49. The Labute approximate surface area is 117 Å². The van der Waals surface area contributed by atoms with Gasteiger partial charge in [0.05, 0.1) is 12.1 Å². The van der Waals surface area contributed by atoms with E-state index in [1.807, 2.05) is 25.5 Å². The maximum atomic E-state index is 11.7. The van der Waals surface area contributed by atoms with Crippen molar-refractivity contribution < 1.29 is 9.32 Å². The molecule has 0 spiro atoms. The molecule has 0 aliphatic carbocycles. The molecular formula is C13H19N5O2. The standard InChI is InChI=1S/C13H19N5O2/c1-9-7-12(20-17-9)8-13(19)14-5-4-6-18-11(3)15-10(2)16-18/h7H,4-6,8H2,1-3H3,(H,14,19). The van der Waals surface area contributed by atoms with Crippen LogP contribution in [0.25, 0.3) is 0 Å². The first-order valence-electron chi connectivity index (χ1n) is 6.61. The Morgan fingerprint density at radius 1 is 1.40 bits per heavy atom. The molecule has 2 rings (SSSR count). The summed E-state index contributed by atoms with van der Waals surface area (Å²) in [5, 5.41) is 10.9. The maximum Gasteiger partial charge on any atom is 0.227 e. The Bertz CT molecular complexity index is 587. The van der Waals surface area contributed by atoms with Gasteiger partial charge < -0.3 is 9.84 Å². The van der Waals surface area contributed by atoms with Crippen LogP contribution in [-0.2, 0) is 17.8 Å². The zero-order chi connectivity index (χ0) is 14.5. The van der Waals surface area contributed by atoms with Crippen LogP contribution in [-0.4, -0.2) is 32.4 Å². The van der Waals surface area contributed by atoms with Crippen LogP contribution in [0.5, 0.6) is 0 Å². The van der Waals surface area contributed by atoms with Crippen LogP contribution in [0.2, 0.25) is 0 Å². The Morgan fingerprint density at radius 2 is 2.20 bits per heavy atom. The third kappa shape index (κ3) is 3.91. The van der Waals surface area contributed by atoms with E-state index < -0.39 is 0 Å². The third-order valence-corrected chi connectivity index (χ3v) is 2.84. The lowest BCUT2D eigenvalue weighted by molar-refractivity contribution is -0.120. The van der Waals surface area contributed by atoms with Gasteiger partial charge in [-0.25, -0.2) is 4.98 Å². The van der Waals surface area contributed by atoms with Gasteiger partial charge in [-0.05, 0) is 27.2 Å². The smallest absolute Gasteiger partial charge is 0.227 e. The summed E-state index contributed by atoms with van der Waals surface area (Å²) in [7, 11) is 0. The summed E-state index contributed by atoms with van der Waals surface area (Å²) in [4.78, 5) is 15.9. The molecule has 0 atom stereocenters. The number of carbonyl (C=O) groups excluding carboxylic acids is 1. The third-order valence-electron chi connectivity index (χ3n) is 2.84. The van der Waals surface area contributed by atoms with Crippen molar-refractivity contribution in [1.29, 1.82) is 0 Å². The van der Waals surface area contributed by atoms with Gasteiger partial charge >= 0.3 is 0 Å². The molecule has 1 N–H and O–H groups in total. The van der Waals surface area contributed by atoms with Crippen LogP contribution < -0.4 is 5.32 Å². The summed E-state index contributed by atoms with van der Waals surface area (Å²) in [6.07, 6.45) is 1.03. The van der Waals surface area contributed by atoms with Crippen molar-refractivity contribution in [3.05, 3.63) is 29.2 Å². The van der Waals surface area contributed by atoms with Crippen molar-refractivity contribution >= 4 is 5.91 Å². The summed E-state index contributed by atoms with van der Waals surface area (Å²) < 4.78 is 6.84. The molecular weight excluding hydrogens is 258 g/mol. The first kappa shape index (κ1) is 14.2. The van der Waals surface area contributed by atoms with E-state index in [0.29, 0.717) is 12.3 Å². The van der Waals surface area contributed by atoms with E-state index in [9.17, 15) is 4.79 Å². The minimum absolute atomic E-state index is 0.0624. The van der Waals surface area contributed by atoms with Crippen molar-refractivity contribution in [1.82, 2.24) is 25.2 Å². The van der Waals surface area contributed by atoms with Crippen LogP contribution in [0.3, 0.4) is 0 Å². The molecule has 0 fully saturated rings. The van der Waals surface area contributed by atoms with Crippen LogP contribution in [0, 0.1) is 20.8 Å². The molecule has 2 heterocycles. The van der Waals surface area contributed by atoms with Crippen LogP contribution >= 0.6 is 0 Å². The Morgan fingerprint density at radius 3 is 2.80 bits per heavy atom. The van der Waals surface area contributed by atoms with Gasteiger partial charge in [-0.2, -0.15) is 5.10 Å². The van der Waals surface area contributed by atoms with Crippen molar-refractivity contribution in [3.8, 4) is 0 Å².